The molecule has 0 aromatic heterocycles. The van der Waals surface area contributed by atoms with Crippen LogP contribution in [-0.4, -0.2) is 11.9 Å². The van der Waals surface area contributed by atoms with Crippen LogP contribution in [0.2, 0.25) is 0 Å². The van der Waals surface area contributed by atoms with Gasteiger partial charge in [0.05, 0.1) is 0 Å². The Morgan fingerprint density at radius 3 is 2.26 bits per heavy atom. The van der Waals surface area contributed by atoms with E-state index in [0.717, 1.165) is 18.4 Å². The van der Waals surface area contributed by atoms with Crippen LogP contribution in [0, 0.1) is 18.8 Å². The van der Waals surface area contributed by atoms with Crippen LogP contribution in [-0.2, 0) is 9.59 Å². The van der Waals surface area contributed by atoms with E-state index < -0.39 is 17.8 Å². The smallest absolute Gasteiger partial charge is 0.228 e. The van der Waals surface area contributed by atoms with Gasteiger partial charge in [-0.15, -0.1) is 0 Å². The van der Waals surface area contributed by atoms with Crippen LogP contribution >= 0.6 is 0 Å². The number of rotatable bonds is 3. The molecule has 4 heteroatoms. The molecule has 1 aliphatic rings. The number of nitrogens with one attached hydrogen (secondary N) is 1. The fourth-order valence-corrected chi connectivity index (χ4v) is 2.60. The minimum absolute atomic E-state index is 0.210. The van der Waals surface area contributed by atoms with Gasteiger partial charge in [-0.2, -0.15) is 0 Å². The molecule has 1 saturated carbocycles. The highest BCUT2D eigenvalue weighted by Gasteiger charge is 2.31. The molecule has 0 radical (unpaired) electrons. The maximum Gasteiger partial charge on any atom is 0.228 e. The Hall–Kier alpha value is -1.84. The van der Waals surface area contributed by atoms with Gasteiger partial charge in [-0.05, 0) is 31.9 Å². The molecule has 0 heterocycles. The summed E-state index contributed by atoms with van der Waals surface area (Å²) in [5, 5.41) is 13.9. The Labute approximate surface area is 112 Å². The second-order valence-corrected chi connectivity index (χ2v) is 5.17. The zero-order chi connectivity index (χ0) is 13.8. The molecule has 0 saturated heterocycles. The largest absolute Gasteiger partial charge is 0.550 e. The van der Waals surface area contributed by atoms with Gasteiger partial charge >= 0.3 is 0 Å². The van der Waals surface area contributed by atoms with Crippen LogP contribution in [0.15, 0.2) is 24.3 Å². The van der Waals surface area contributed by atoms with Crippen molar-refractivity contribution in [1.82, 2.24) is 0 Å². The first kappa shape index (κ1) is 13.6. The molecule has 1 fully saturated rings. The van der Waals surface area contributed by atoms with Crippen LogP contribution in [0.1, 0.15) is 31.2 Å². The lowest BCUT2D eigenvalue weighted by atomic mass is 9.78. The average Bonchev–Trinajstić information content (AvgIpc) is 2.41. The van der Waals surface area contributed by atoms with Crippen LogP contribution in [0.3, 0.4) is 0 Å². The number of hydrogen-bond donors (Lipinski definition) is 1. The summed E-state index contributed by atoms with van der Waals surface area (Å²) in [6.45, 7) is 1.97. The molecule has 2 atom stereocenters. The molecule has 1 aromatic rings. The van der Waals surface area contributed by atoms with Gasteiger partial charge in [-0.3, -0.25) is 4.79 Å². The molecule has 1 aromatic carbocycles. The third-order valence-corrected chi connectivity index (χ3v) is 3.72. The molecule has 2 rings (SSSR count). The Kier molecular flexibility index (Phi) is 4.20. The number of aliphatic carboxylic acids is 1. The van der Waals surface area contributed by atoms with E-state index in [9.17, 15) is 14.7 Å². The van der Waals surface area contributed by atoms with Crippen molar-refractivity contribution < 1.29 is 14.7 Å². The molecule has 0 unspecified atom stereocenters. The van der Waals surface area contributed by atoms with Crippen molar-refractivity contribution in [2.24, 2.45) is 11.8 Å². The van der Waals surface area contributed by atoms with Crippen molar-refractivity contribution in [2.75, 3.05) is 5.32 Å². The maximum absolute atomic E-state index is 12.2. The second-order valence-electron chi connectivity index (χ2n) is 5.17. The van der Waals surface area contributed by atoms with Crippen molar-refractivity contribution in [1.29, 1.82) is 0 Å². The Balaban J connectivity index is 2.05. The van der Waals surface area contributed by atoms with Gasteiger partial charge in [-0.25, -0.2) is 0 Å². The van der Waals surface area contributed by atoms with Crippen LogP contribution in [0.4, 0.5) is 5.69 Å². The zero-order valence-electron chi connectivity index (χ0n) is 11.0. The summed E-state index contributed by atoms with van der Waals surface area (Å²) in [4.78, 5) is 23.2. The lowest BCUT2D eigenvalue weighted by molar-refractivity contribution is -0.313. The van der Waals surface area contributed by atoms with Crippen molar-refractivity contribution in [3.8, 4) is 0 Å². The molecule has 19 heavy (non-hydrogen) atoms. The fourth-order valence-electron chi connectivity index (χ4n) is 2.60. The fraction of sp³-hybridized carbons (Fsp3) is 0.467. The van der Waals surface area contributed by atoms with Crippen molar-refractivity contribution >= 4 is 17.6 Å². The molecule has 102 valence electrons. The SMILES string of the molecule is Cc1ccc(NC(=O)[C@@H]2CCCC[C@@H]2C(=O)[O-])cc1. The Morgan fingerprint density at radius 1 is 1.11 bits per heavy atom. The Bertz CT molecular complexity index is 467. The van der Waals surface area contributed by atoms with E-state index in [0.29, 0.717) is 18.5 Å². The van der Waals surface area contributed by atoms with Gasteiger partial charge < -0.3 is 15.2 Å². The summed E-state index contributed by atoms with van der Waals surface area (Å²) in [5.41, 5.74) is 1.82. The molecule has 0 bridgehead atoms. The summed E-state index contributed by atoms with van der Waals surface area (Å²) in [6, 6.07) is 7.47. The molecule has 4 nitrogen and oxygen atoms in total. The van der Waals surface area contributed by atoms with Gasteiger partial charge in [0.2, 0.25) is 5.91 Å². The highest BCUT2D eigenvalue weighted by atomic mass is 16.4. The molecular formula is C15H18NO3-. The second kappa shape index (κ2) is 5.87. The molecular weight excluding hydrogens is 242 g/mol. The number of amides is 1. The number of anilines is 1. The average molecular weight is 260 g/mol. The number of carboxylic acids is 1. The summed E-state index contributed by atoms with van der Waals surface area (Å²) in [5.74, 6) is -2.44. The summed E-state index contributed by atoms with van der Waals surface area (Å²) in [7, 11) is 0. The molecule has 1 aliphatic carbocycles. The first-order valence-corrected chi connectivity index (χ1v) is 6.66. The van der Waals surface area contributed by atoms with E-state index in [1.54, 1.807) is 0 Å². The van der Waals surface area contributed by atoms with Crippen LogP contribution in [0.5, 0.6) is 0 Å². The van der Waals surface area contributed by atoms with Crippen LogP contribution < -0.4 is 10.4 Å². The topological polar surface area (TPSA) is 69.2 Å². The van der Waals surface area contributed by atoms with E-state index in [4.69, 9.17) is 0 Å². The molecule has 0 spiro atoms. The normalized spacial score (nSPS) is 22.8. The number of carbonyl (C=O) groups is 2. The number of carboxylic acid groups (broad SMARTS) is 1. The van der Waals surface area contributed by atoms with Gasteiger partial charge in [0.25, 0.3) is 0 Å². The van der Waals surface area contributed by atoms with Crippen molar-refractivity contribution in [2.45, 2.75) is 32.6 Å². The minimum Gasteiger partial charge on any atom is -0.550 e. The zero-order valence-corrected chi connectivity index (χ0v) is 11.0. The van der Waals surface area contributed by atoms with E-state index in [2.05, 4.69) is 5.32 Å². The molecule has 1 amide bonds. The van der Waals surface area contributed by atoms with Gasteiger partial charge in [0.1, 0.15) is 0 Å². The van der Waals surface area contributed by atoms with Crippen molar-refractivity contribution in [3.63, 3.8) is 0 Å². The summed E-state index contributed by atoms with van der Waals surface area (Å²) in [6.07, 6.45) is 2.91. The van der Waals surface area contributed by atoms with Crippen LogP contribution in [0.25, 0.3) is 0 Å². The van der Waals surface area contributed by atoms with E-state index in [1.165, 1.54) is 0 Å². The lowest BCUT2D eigenvalue weighted by Crippen LogP contribution is -2.42. The van der Waals surface area contributed by atoms with E-state index in [1.807, 2.05) is 31.2 Å². The summed E-state index contributed by atoms with van der Waals surface area (Å²) >= 11 is 0. The Morgan fingerprint density at radius 2 is 1.68 bits per heavy atom. The van der Waals surface area contributed by atoms with E-state index in [-0.39, 0.29) is 5.91 Å². The maximum atomic E-state index is 12.2. The first-order chi connectivity index (χ1) is 9.08. The van der Waals surface area contributed by atoms with Gasteiger partial charge in [0.15, 0.2) is 0 Å². The van der Waals surface area contributed by atoms with E-state index >= 15 is 0 Å². The van der Waals surface area contributed by atoms with Crippen molar-refractivity contribution in [3.05, 3.63) is 29.8 Å². The summed E-state index contributed by atoms with van der Waals surface area (Å²) < 4.78 is 0. The lowest BCUT2D eigenvalue weighted by Gasteiger charge is -2.31. The minimum atomic E-state index is -1.11. The monoisotopic (exact) mass is 260 g/mol. The predicted molar refractivity (Wildman–Crippen MR) is 70.3 cm³/mol. The third kappa shape index (κ3) is 3.34. The highest BCUT2D eigenvalue weighted by molar-refractivity contribution is 5.95. The quantitative estimate of drug-likeness (QED) is 0.895. The molecule has 1 N–H and O–H groups in total. The highest BCUT2D eigenvalue weighted by Crippen LogP contribution is 2.30. The number of hydrogen-bond acceptors (Lipinski definition) is 3. The van der Waals surface area contributed by atoms with Gasteiger partial charge in [0, 0.05) is 23.5 Å². The number of benzene rings is 1. The predicted octanol–water partition coefficient (Wildman–Crippen LogP) is 1.49. The third-order valence-electron chi connectivity index (χ3n) is 3.72. The number of carbonyl (C=O) groups excluding carboxylic acids is 2. The standard InChI is InChI=1S/C15H19NO3/c1-10-6-8-11(9-7-10)16-14(17)12-4-2-3-5-13(12)15(18)19/h6-9,12-13H,2-5H2,1H3,(H,16,17)(H,18,19)/p-1/t12-,13+/m1/s1. The first-order valence-electron chi connectivity index (χ1n) is 6.66. The number of aryl methyl sites for hydroxylation is 1. The van der Waals surface area contributed by atoms with Gasteiger partial charge in [-0.1, -0.05) is 30.5 Å². The molecule has 0 aliphatic heterocycles.